The molecule has 13 heavy (non-hydrogen) atoms. The number of rotatable bonds is 0. The van der Waals surface area contributed by atoms with Crippen LogP contribution in [0.4, 0.5) is 0 Å². The third kappa shape index (κ3) is 1.30. The topological polar surface area (TPSA) is 36.7 Å². The SMILES string of the molecule is N#Cc1ccnc2c(Br)cccc12. The number of hydrogen-bond donors (Lipinski definition) is 0. The molecule has 0 spiro atoms. The highest BCUT2D eigenvalue weighted by Crippen LogP contribution is 2.23. The monoisotopic (exact) mass is 232 g/mol. The lowest BCUT2D eigenvalue weighted by Gasteiger charge is -1.99. The highest BCUT2D eigenvalue weighted by atomic mass is 79.9. The van der Waals surface area contributed by atoms with Gasteiger partial charge in [0.2, 0.25) is 0 Å². The van der Waals surface area contributed by atoms with E-state index in [0.29, 0.717) is 5.56 Å². The molecule has 2 nitrogen and oxygen atoms in total. The second-order valence-corrected chi connectivity index (χ2v) is 3.46. The van der Waals surface area contributed by atoms with Crippen molar-refractivity contribution in [3.63, 3.8) is 0 Å². The lowest BCUT2D eigenvalue weighted by Crippen LogP contribution is -1.83. The minimum atomic E-state index is 0.659. The van der Waals surface area contributed by atoms with Crippen molar-refractivity contribution < 1.29 is 0 Å². The van der Waals surface area contributed by atoms with Crippen LogP contribution in [0.25, 0.3) is 10.9 Å². The Hall–Kier alpha value is -1.40. The van der Waals surface area contributed by atoms with Crippen LogP contribution in [0.1, 0.15) is 5.56 Å². The Balaban J connectivity index is 2.94. The Morgan fingerprint density at radius 1 is 1.31 bits per heavy atom. The van der Waals surface area contributed by atoms with Crippen molar-refractivity contribution in [3.8, 4) is 6.07 Å². The minimum absolute atomic E-state index is 0.659. The predicted molar refractivity (Wildman–Crippen MR) is 54.2 cm³/mol. The molecule has 0 aliphatic heterocycles. The molecule has 0 saturated heterocycles. The molecular formula is C10H5BrN2. The molecule has 0 saturated carbocycles. The zero-order valence-corrected chi connectivity index (χ0v) is 8.25. The van der Waals surface area contributed by atoms with E-state index in [2.05, 4.69) is 27.0 Å². The summed E-state index contributed by atoms with van der Waals surface area (Å²) in [7, 11) is 0. The maximum Gasteiger partial charge on any atom is 0.0999 e. The molecule has 2 rings (SSSR count). The summed E-state index contributed by atoms with van der Waals surface area (Å²) in [5, 5.41) is 9.72. The number of para-hydroxylation sites is 1. The third-order valence-electron chi connectivity index (χ3n) is 1.84. The normalized spacial score (nSPS) is 9.85. The van der Waals surface area contributed by atoms with E-state index in [-0.39, 0.29) is 0 Å². The molecule has 0 fully saturated rings. The van der Waals surface area contributed by atoms with Gasteiger partial charge in [-0.05, 0) is 28.1 Å². The Morgan fingerprint density at radius 3 is 2.92 bits per heavy atom. The summed E-state index contributed by atoms with van der Waals surface area (Å²) < 4.78 is 0.919. The van der Waals surface area contributed by atoms with Crippen LogP contribution >= 0.6 is 15.9 Å². The zero-order valence-electron chi connectivity index (χ0n) is 6.66. The molecule has 1 aromatic heterocycles. The van der Waals surface area contributed by atoms with E-state index in [4.69, 9.17) is 5.26 Å². The van der Waals surface area contributed by atoms with Gasteiger partial charge in [0.25, 0.3) is 0 Å². The van der Waals surface area contributed by atoms with Gasteiger partial charge in [-0.25, -0.2) is 0 Å². The van der Waals surface area contributed by atoms with Gasteiger partial charge < -0.3 is 0 Å². The number of fused-ring (bicyclic) bond motifs is 1. The molecule has 0 radical (unpaired) electrons. The van der Waals surface area contributed by atoms with Gasteiger partial charge in [0.1, 0.15) is 0 Å². The van der Waals surface area contributed by atoms with Crippen LogP contribution < -0.4 is 0 Å². The van der Waals surface area contributed by atoms with Crippen LogP contribution in [0, 0.1) is 11.3 Å². The first-order chi connectivity index (χ1) is 6.33. The average molecular weight is 233 g/mol. The maximum atomic E-state index is 8.83. The largest absolute Gasteiger partial charge is 0.255 e. The third-order valence-corrected chi connectivity index (χ3v) is 2.48. The molecule has 0 bridgehead atoms. The van der Waals surface area contributed by atoms with Gasteiger partial charge in [0, 0.05) is 16.1 Å². The van der Waals surface area contributed by atoms with Crippen LogP contribution in [-0.2, 0) is 0 Å². The Bertz CT molecular complexity index is 500. The van der Waals surface area contributed by atoms with Gasteiger partial charge in [-0.2, -0.15) is 5.26 Å². The lowest BCUT2D eigenvalue weighted by molar-refractivity contribution is 1.38. The highest BCUT2D eigenvalue weighted by Gasteiger charge is 2.02. The molecule has 0 atom stereocenters. The second-order valence-electron chi connectivity index (χ2n) is 2.61. The first-order valence-corrected chi connectivity index (χ1v) is 4.55. The van der Waals surface area contributed by atoms with E-state index in [1.807, 2.05) is 18.2 Å². The fourth-order valence-corrected chi connectivity index (χ4v) is 1.71. The van der Waals surface area contributed by atoms with E-state index >= 15 is 0 Å². The van der Waals surface area contributed by atoms with Crippen LogP contribution in [0.5, 0.6) is 0 Å². The van der Waals surface area contributed by atoms with Gasteiger partial charge in [-0.1, -0.05) is 12.1 Å². The first kappa shape index (κ1) is 8.21. The summed E-state index contributed by atoms with van der Waals surface area (Å²) in [5.74, 6) is 0. The molecule has 0 amide bonds. The maximum absolute atomic E-state index is 8.83. The number of benzene rings is 1. The van der Waals surface area contributed by atoms with Crippen molar-refractivity contribution in [3.05, 3.63) is 40.5 Å². The van der Waals surface area contributed by atoms with Crippen molar-refractivity contribution in [2.24, 2.45) is 0 Å². The van der Waals surface area contributed by atoms with Gasteiger partial charge in [0.15, 0.2) is 0 Å². The summed E-state index contributed by atoms with van der Waals surface area (Å²) in [5.41, 5.74) is 1.49. The Kier molecular flexibility index (Phi) is 1.99. The summed E-state index contributed by atoms with van der Waals surface area (Å²) in [6.45, 7) is 0. The summed E-state index contributed by atoms with van der Waals surface area (Å²) in [4.78, 5) is 4.19. The standard InChI is InChI=1S/C10H5BrN2/c11-9-3-1-2-8-7(6-12)4-5-13-10(8)9/h1-5H. The zero-order chi connectivity index (χ0) is 9.26. The smallest absolute Gasteiger partial charge is 0.0999 e. The number of nitrogens with zero attached hydrogens (tertiary/aromatic N) is 2. The number of nitriles is 1. The molecule has 1 aromatic carbocycles. The molecule has 0 aliphatic rings. The molecule has 62 valence electrons. The first-order valence-electron chi connectivity index (χ1n) is 3.76. The Labute approximate surface area is 84.0 Å². The van der Waals surface area contributed by atoms with Crippen LogP contribution in [-0.4, -0.2) is 4.98 Å². The molecular weight excluding hydrogens is 228 g/mol. The predicted octanol–water partition coefficient (Wildman–Crippen LogP) is 2.87. The van der Waals surface area contributed by atoms with Gasteiger partial charge in [-0.3, -0.25) is 4.98 Å². The number of hydrogen-bond acceptors (Lipinski definition) is 2. The van der Waals surface area contributed by atoms with E-state index < -0.39 is 0 Å². The summed E-state index contributed by atoms with van der Waals surface area (Å²) >= 11 is 3.39. The number of halogens is 1. The van der Waals surface area contributed by atoms with E-state index in [0.717, 1.165) is 15.4 Å². The molecule has 0 unspecified atom stereocenters. The van der Waals surface area contributed by atoms with E-state index in [9.17, 15) is 0 Å². The van der Waals surface area contributed by atoms with Crippen molar-refractivity contribution in [2.45, 2.75) is 0 Å². The average Bonchev–Trinajstić information content (AvgIpc) is 2.18. The van der Waals surface area contributed by atoms with Gasteiger partial charge in [0.05, 0.1) is 17.1 Å². The highest BCUT2D eigenvalue weighted by molar-refractivity contribution is 9.10. The van der Waals surface area contributed by atoms with E-state index in [1.165, 1.54) is 0 Å². The Morgan fingerprint density at radius 2 is 2.15 bits per heavy atom. The molecule has 2 aromatic rings. The fourth-order valence-electron chi connectivity index (χ4n) is 1.24. The summed E-state index contributed by atoms with van der Waals surface area (Å²) in [6.07, 6.45) is 1.64. The van der Waals surface area contributed by atoms with Crippen LogP contribution in [0.2, 0.25) is 0 Å². The van der Waals surface area contributed by atoms with Crippen LogP contribution in [0.15, 0.2) is 34.9 Å². The van der Waals surface area contributed by atoms with Gasteiger partial charge in [-0.15, -0.1) is 0 Å². The molecule has 3 heteroatoms. The number of pyridine rings is 1. The summed E-state index contributed by atoms with van der Waals surface area (Å²) in [6, 6.07) is 9.56. The van der Waals surface area contributed by atoms with Gasteiger partial charge >= 0.3 is 0 Å². The minimum Gasteiger partial charge on any atom is -0.255 e. The molecule has 0 aliphatic carbocycles. The van der Waals surface area contributed by atoms with Crippen molar-refractivity contribution in [1.82, 2.24) is 4.98 Å². The number of aromatic nitrogens is 1. The lowest BCUT2D eigenvalue weighted by atomic mass is 10.1. The van der Waals surface area contributed by atoms with Crippen molar-refractivity contribution in [1.29, 1.82) is 5.26 Å². The molecule has 1 heterocycles. The second kappa shape index (κ2) is 3.15. The van der Waals surface area contributed by atoms with E-state index in [1.54, 1.807) is 12.3 Å². The van der Waals surface area contributed by atoms with Crippen molar-refractivity contribution in [2.75, 3.05) is 0 Å². The van der Waals surface area contributed by atoms with Crippen molar-refractivity contribution >= 4 is 26.8 Å². The molecule has 0 N–H and O–H groups in total. The fraction of sp³-hybridized carbons (Fsp3) is 0. The van der Waals surface area contributed by atoms with Crippen LogP contribution in [0.3, 0.4) is 0 Å². The quantitative estimate of drug-likeness (QED) is 0.701.